The van der Waals surface area contributed by atoms with Gasteiger partial charge in [-0.1, -0.05) is 0 Å². The van der Waals surface area contributed by atoms with Crippen molar-refractivity contribution in [1.29, 1.82) is 0 Å². The first kappa shape index (κ1) is 8.97. The minimum Gasteiger partial charge on any atom is -0.381 e. The van der Waals surface area contributed by atoms with Gasteiger partial charge in [-0.15, -0.1) is 0 Å². The number of hydrogen-bond donors (Lipinski definition) is 1. The number of aliphatic hydroxyl groups is 1. The Bertz CT molecular complexity index is 97.5. The Morgan fingerprint density at radius 2 is 2.55 bits per heavy atom. The summed E-state index contributed by atoms with van der Waals surface area (Å²) in [5.41, 5.74) is 0. The van der Waals surface area contributed by atoms with E-state index < -0.39 is 6.29 Å². The Labute approximate surface area is 67.3 Å². The van der Waals surface area contributed by atoms with Gasteiger partial charge in [0.2, 0.25) is 0 Å². The van der Waals surface area contributed by atoms with Crippen LogP contribution in [0.25, 0.3) is 0 Å². The van der Waals surface area contributed by atoms with Crippen LogP contribution in [0.3, 0.4) is 0 Å². The molecule has 3 nitrogen and oxygen atoms in total. The van der Waals surface area contributed by atoms with Gasteiger partial charge in [-0.25, -0.2) is 0 Å². The number of hydrogen-bond acceptors (Lipinski definition) is 3. The first-order valence-electron chi connectivity index (χ1n) is 4.16. The fourth-order valence-corrected chi connectivity index (χ4v) is 1.21. The molecule has 11 heavy (non-hydrogen) atoms. The molecular weight excluding hydrogens is 144 g/mol. The van der Waals surface area contributed by atoms with Gasteiger partial charge in [0.25, 0.3) is 0 Å². The zero-order chi connectivity index (χ0) is 8.10. The smallest absolute Gasteiger partial charge is 0.151 e. The first-order valence-corrected chi connectivity index (χ1v) is 4.16. The molecule has 1 fully saturated rings. The molecule has 1 aliphatic heterocycles. The van der Waals surface area contributed by atoms with E-state index in [1.807, 2.05) is 0 Å². The van der Waals surface area contributed by atoms with E-state index in [1.54, 1.807) is 6.92 Å². The van der Waals surface area contributed by atoms with E-state index in [-0.39, 0.29) is 0 Å². The van der Waals surface area contributed by atoms with Crippen molar-refractivity contribution in [2.75, 3.05) is 19.8 Å². The minimum absolute atomic E-state index is 0.485. The summed E-state index contributed by atoms with van der Waals surface area (Å²) in [6.45, 7) is 3.92. The van der Waals surface area contributed by atoms with Gasteiger partial charge in [0, 0.05) is 12.5 Å². The van der Waals surface area contributed by atoms with Gasteiger partial charge in [-0.05, 0) is 19.8 Å². The quantitative estimate of drug-likeness (QED) is 0.620. The van der Waals surface area contributed by atoms with Crippen LogP contribution in [0.2, 0.25) is 0 Å². The third kappa shape index (κ3) is 3.70. The molecule has 1 rings (SSSR count). The molecule has 0 saturated carbocycles. The van der Waals surface area contributed by atoms with Crippen LogP contribution in [-0.4, -0.2) is 31.2 Å². The van der Waals surface area contributed by atoms with Crippen LogP contribution >= 0.6 is 0 Å². The SMILES string of the molecule is CC(O)OCC1CCCOC1. The molecule has 0 amide bonds. The van der Waals surface area contributed by atoms with Crippen LogP contribution in [0, 0.1) is 5.92 Å². The Kier molecular flexibility index (Phi) is 3.83. The molecule has 2 unspecified atom stereocenters. The monoisotopic (exact) mass is 160 g/mol. The van der Waals surface area contributed by atoms with Gasteiger partial charge in [0.15, 0.2) is 6.29 Å². The molecule has 0 aromatic heterocycles. The van der Waals surface area contributed by atoms with Crippen molar-refractivity contribution in [2.45, 2.75) is 26.1 Å². The van der Waals surface area contributed by atoms with E-state index in [2.05, 4.69) is 0 Å². The predicted octanol–water partition coefficient (Wildman–Crippen LogP) is 0.768. The van der Waals surface area contributed by atoms with Crippen molar-refractivity contribution >= 4 is 0 Å². The third-order valence-corrected chi connectivity index (χ3v) is 1.83. The molecule has 0 aromatic carbocycles. The van der Waals surface area contributed by atoms with Crippen LogP contribution in [-0.2, 0) is 9.47 Å². The van der Waals surface area contributed by atoms with Crippen LogP contribution in [0.5, 0.6) is 0 Å². The second-order valence-corrected chi connectivity index (χ2v) is 3.02. The van der Waals surface area contributed by atoms with Crippen LogP contribution in [0.15, 0.2) is 0 Å². The van der Waals surface area contributed by atoms with Gasteiger partial charge >= 0.3 is 0 Å². The summed E-state index contributed by atoms with van der Waals surface area (Å²) in [6.07, 6.45) is 1.64. The predicted molar refractivity (Wildman–Crippen MR) is 41.2 cm³/mol. The molecule has 66 valence electrons. The second kappa shape index (κ2) is 4.70. The fraction of sp³-hybridized carbons (Fsp3) is 1.00. The zero-order valence-corrected chi connectivity index (χ0v) is 6.95. The highest BCUT2D eigenvalue weighted by molar-refractivity contribution is 4.61. The van der Waals surface area contributed by atoms with Crippen LogP contribution in [0.1, 0.15) is 19.8 Å². The lowest BCUT2D eigenvalue weighted by Gasteiger charge is -2.22. The van der Waals surface area contributed by atoms with E-state index in [0.29, 0.717) is 12.5 Å². The maximum Gasteiger partial charge on any atom is 0.151 e. The van der Waals surface area contributed by atoms with E-state index >= 15 is 0 Å². The first-order chi connectivity index (χ1) is 5.29. The summed E-state index contributed by atoms with van der Waals surface area (Å²) < 4.78 is 10.3. The van der Waals surface area contributed by atoms with Crippen molar-refractivity contribution in [1.82, 2.24) is 0 Å². The average molecular weight is 160 g/mol. The largest absolute Gasteiger partial charge is 0.381 e. The Hall–Kier alpha value is -0.120. The molecule has 0 spiro atoms. The summed E-state index contributed by atoms with van der Waals surface area (Å²) in [7, 11) is 0. The Morgan fingerprint density at radius 3 is 3.09 bits per heavy atom. The van der Waals surface area contributed by atoms with E-state index in [4.69, 9.17) is 14.6 Å². The lowest BCUT2D eigenvalue weighted by atomic mass is 10.0. The number of aliphatic hydroxyl groups excluding tert-OH is 1. The molecule has 0 radical (unpaired) electrons. The maximum atomic E-state index is 8.82. The van der Waals surface area contributed by atoms with Crippen molar-refractivity contribution in [3.8, 4) is 0 Å². The van der Waals surface area contributed by atoms with E-state index in [0.717, 1.165) is 26.1 Å². The van der Waals surface area contributed by atoms with Gasteiger partial charge in [0.05, 0.1) is 13.2 Å². The topological polar surface area (TPSA) is 38.7 Å². The molecule has 0 bridgehead atoms. The summed E-state index contributed by atoms with van der Waals surface area (Å²) in [5.74, 6) is 0.485. The minimum atomic E-state index is -0.642. The van der Waals surface area contributed by atoms with Gasteiger partial charge in [-0.3, -0.25) is 0 Å². The van der Waals surface area contributed by atoms with Gasteiger partial charge < -0.3 is 14.6 Å². The maximum absolute atomic E-state index is 8.82. The number of ether oxygens (including phenoxy) is 2. The van der Waals surface area contributed by atoms with Crippen molar-refractivity contribution in [3.63, 3.8) is 0 Å². The molecule has 2 atom stereocenters. The molecule has 3 heteroatoms. The molecule has 1 heterocycles. The standard InChI is InChI=1S/C8H16O3/c1-7(9)11-6-8-3-2-4-10-5-8/h7-9H,2-6H2,1H3. The molecule has 1 saturated heterocycles. The van der Waals surface area contributed by atoms with Gasteiger partial charge in [-0.2, -0.15) is 0 Å². The number of rotatable bonds is 3. The highest BCUT2D eigenvalue weighted by Gasteiger charge is 2.14. The third-order valence-electron chi connectivity index (χ3n) is 1.83. The van der Waals surface area contributed by atoms with Crippen LogP contribution < -0.4 is 0 Å². The normalized spacial score (nSPS) is 28.4. The highest BCUT2D eigenvalue weighted by atomic mass is 16.6. The molecular formula is C8H16O3. The molecule has 0 aromatic rings. The second-order valence-electron chi connectivity index (χ2n) is 3.02. The lowest BCUT2D eigenvalue weighted by Crippen LogP contribution is -2.23. The summed E-state index contributed by atoms with van der Waals surface area (Å²) in [4.78, 5) is 0. The molecule has 1 N–H and O–H groups in total. The van der Waals surface area contributed by atoms with Crippen molar-refractivity contribution < 1.29 is 14.6 Å². The molecule has 0 aliphatic carbocycles. The summed E-state index contributed by atoms with van der Waals surface area (Å²) >= 11 is 0. The van der Waals surface area contributed by atoms with Crippen LogP contribution in [0.4, 0.5) is 0 Å². The zero-order valence-electron chi connectivity index (χ0n) is 6.95. The van der Waals surface area contributed by atoms with E-state index in [1.165, 1.54) is 0 Å². The van der Waals surface area contributed by atoms with E-state index in [9.17, 15) is 0 Å². The van der Waals surface area contributed by atoms with Crippen molar-refractivity contribution in [3.05, 3.63) is 0 Å². The fourth-order valence-electron chi connectivity index (χ4n) is 1.21. The van der Waals surface area contributed by atoms with Crippen molar-refractivity contribution in [2.24, 2.45) is 5.92 Å². The average Bonchev–Trinajstić information content (AvgIpc) is 2.03. The summed E-state index contributed by atoms with van der Waals surface area (Å²) in [5, 5.41) is 8.82. The van der Waals surface area contributed by atoms with Gasteiger partial charge in [0.1, 0.15) is 0 Å². The Balaban J connectivity index is 2.05. The Morgan fingerprint density at radius 1 is 1.73 bits per heavy atom. The lowest BCUT2D eigenvalue weighted by molar-refractivity contribution is -0.109. The summed E-state index contributed by atoms with van der Waals surface area (Å²) in [6, 6.07) is 0. The molecule has 1 aliphatic rings. The highest BCUT2D eigenvalue weighted by Crippen LogP contribution is 2.13.